The SMILES string of the molecule is CCCCC[C@H](C)NC(=O)[C@@H]1C[C@H](C)Nc2ccccc21. The van der Waals surface area contributed by atoms with Crippen LogP contribution in [0.3, 0.4) is 0 Å². The summed E-state index contributed by atoms with van der Waals surface area (Å²) in [6.07, 6.45) is 5.59. The molecule has 0 unspecified atom stereocenters. The molecule has 0 aliphatic carbocycles. The fraction of sp³-hybridized carbons (Fsp3) is 0.611. The first-order valence-electron chi connectivity index (χ1n) is 8.27. The van der Waals surface area contributed by atoms with Crippen LogP contribution in [0.25, 0.3) is 0 Å². The van der Waals surface area contributed by atoms with Crippen molar-refractivity contribution >= 4 is 11.6 Å². The zero-order valence-electron chi connectivity index (χ0n) is 13.5. The van der Waals surface area contributed by atoms with Gasteiger partial charge in [-0.25, -0.2) is 0 Å². The summed E-state index contributed by atoms with van der Waals surface area (Å²) in [4.78, 5) is 12.6. The highest BCUT2D eigenvalue weighted by molar-refractivity contribution is 5.86. The van der Waals surface area contributed by atoms with Crippen molar-refractivity contribution in [2.24, 2.45) is 0 Å². The van der Waals surface area contributed by atoms with Crippen molar-refractivity contribution in [1.29, 1.82) is 0 Å². The summed E-state index contributed by atoms with van der Waals surface area (Å²) in [5.74, 6) is 0.158. The summed E-state index contributed by atoms with van der Waals surface area (Å²) in [6, 6.07) is 8.77. The minimum atomic E-state index is -0.0222. The Hall–Kier alpha value is -1.51. The molecular formula is C18H28N2O. The topological polar surface area (TPSA) is 41.1 Å². The average Bonchev–Trinajstić information content (AvgIpc) is 2.46. The first-order chi connectivity index (χ1) is 10.1. The Kier molecular flexibility index (Phi) is 5.66. The highest BCUT2D eigenvalue weighted by Crippen LogP contribution is 2.34. The highest BCUT2D eigenvalue weighted by Gasteiger charge is 2.29. The third-order valence-electron chi connectivity index (χ3n) is 4.27. The maximum absolute atomic E-state index is 12.6. The number of amides is 1. The Morgan fingerprint density at radius 1 is 1.38 bits per heavy atom. The van der Waals surface area contributed by atoms with Gasteiger partial charge in [0, 0.05) is 17.8 Å². The number of carbonyl (C=O) groups excluding carboxylic acids is 1. The van der Waals surface area contributed by atoms with Gasteiger partial charge in [0.1, 0.15) is 0 Å². The van der Waals surface area contributed by atoms with Crippen molar-refractivity contribution < 1.29 is 4.79 Å². The third kappa shape index (κ3) is 4.23. The molecule has 1 heterocycles. The number of carbonyl (C=O) groups is 1. The van der Waals surface area contributed by atoms with E-state index < -0.39 is 0 Å². The first-order valence-corrected chi connectivity index (χ1v) is 8.27. The third-order valence-corrected chi connectivity index (χ3v) is 4.27. The molecule has 3 heteroatoms. The lowest BCUT2D eigenvalue weighted by molar-refractivity contribution is -0.123. The molecule has 1 aliphatic heterocycles. The molecule has 0 aromatic heterocycles. The van der Waals surface area contributed by atoms with Gasteiger partial charge in [0.05, 0.1) is 5.92 Å². The summed E-state index contributed by atoms with van der Waals surface area (Å²) < 4.78 is 0. The maximum atomic E-state index is 12.6. The Bertz CT molecular complexity index is 472. The summed E-state index contributed by atoms with van der Waals surface area (Å²) in [5.41, 5.74) is 2.24. The fourth-order valence-corrected chi connectivity index (χ4v) is 3.10. The van der Waals surface area contributed by atoms with E-state index in [2.05, 4.69) is 43.5 Å². The van der Waals surface area contributed by atoms with Gasteiger partial charge in [0.2, 0.25) is 5.91 Å². The molecule has 0 radical (unpaired) electrons. The van der Waals surface area contributed by atoms with Crippen LogP contribution in [0.1, 0.15) is 64.4 Å². The van der Waals surface area contributed by atoms with Gasteiger partial charge in [-0.2, -0.15) is 0 Å². The number of hydrogen-bond donors (Lipinski definition) is 2. The van der Waals surface area contributed by atoms with Gasteiger partial charge in [-0.05, 0) is 38.3 Å². The molecule has 0 bridgehead atoms. The van der Waals surface area contributed by atoms with Crippen molar-refractivity contribution in [3.8, 4) is 0 Å². The van der Waals surface area contributed by atoms with Gasteiger partial charge >= 0.3 is 0 Å². The van der Waals surface area contributed by atoms with E-state index in [-0.39, 0.29) is 17.9 Å². The van der Waals surface area contributed by atoms with E-state index >= 15 is 0 Å². The van der Waals surface area contributed by atoms with E-state index in [1.165, 1.54) is 19.3 Å². The number of rotatable bonds is 6. The van der Waals surface area contributed by atoms with Crippen LogP contribution in [0.2, 0.25) is 0 Å². The number of hydrogen-bond acceptors (Lipinski definition) is 2. The van der Waals surface area contributed by atoms with Crippen LogP contribution < -0.4 is 10.6 Å². The van der Waals surface area contributed by atoms with Gasteiger partial charge in [-0.3, -0.25) is 4.79 Å². The van der Waals surface area contributed by atoms with Gasteiger partial charge in [0.15, 0.2) is 0 Å². The molecule has 1 aromatic carbocycles. The van der Waals surface area contributed by atoms with E-state index in [9.17, 15) is 4.79 Å². The number of nitrogens with one attached hydrogen (secondary N) is 2. The zero-order chi connectivity index (χ0) is 15.2. The lowest BCUT2D eigenvalue weighted by atomic mass is 9.86. The van der Waals surface area contributed by atoms with Crippen LogP contribution in [0, 0.1) is 0 Å². The standard InChI is InChI=1S/C18H28N2O/c1-4-5-6-9-13(2)20-18(21)16-12-14(3)19-17-11-8-7-10-15(16)17/h7-8,10-11,13-14,16,19H,4-6,9,12H2,1-3H3,(H,20,21)/t13-,14-,16+/m0/s1. The Morgan fingerprint density at radius 2 is 2.14 bits per heavy atom. The van der Waals surface area contributed by atoms with Crippen LogP contribution >= 0.6 is 0 Å². The number of anilines is 1. The quantitative estimate of drug-likeness (QED) is 0.775. The minimum Gasteiger partial charge on any atom is -0.382 e. The van der Waals surface area contributed by atoms with Crippen molar-refractivity contribution in [3.63, 3.8) is 0 Å². The molecule has 0 saturated heterocycles. The molecule has 0 spiro atoms. The Labute approximate surface area is 128 Å². The summed E-state index contributed by atoms with van der Waals surface area (Å²) in [5, 5.41) is 6.66. The summed E-state index contributed by atoms with van der Waals surface area (Å²) >= 11 is 0. The van der Waals surface area contributed by atoms with Gasteiger partial charge in [-0.1, -0.05) is 44.4 Å². The lowest BCUT2D eigenvalue weighted by Crippen LogP contribution is -2.40. The molecule has 0 saturated carbocycles. The maximum Gasteiger partial charge on any atom is 0.227 e. The molecule has 2 N–H and O–H groups in total. The van der Waals surface area contributed by atoms with E-state index in [4.69, 9.17) is 0 Å². The van der Waals surface area contributed by atoms with Crippen LogP contribution in [0.4, 0.5) is 5.69 Å². The van der Waals surface area contributed by atoms with Crippen LogP contribution in [0.5, 0.6) is 0 Å². The van der Waals surface area contributed by atoms with Crippen LogP contribution in [0.15, 0.2) is 24.3 Å². The van der Waals surface area contributed by atoms with E-state index in [1.54, 1.807) is 0 Å². The minimum absolute atomic E-state index is 0.0222. The molecule has 0 fully saturated rings. The molecule has 116 valence electrons. The normalized spacial score (nSPS) is 22.0. The smallest absolute Gasteiger partial charge is 0.227 e. The highest BCUT2D eigenvalue weighted by atomic mass is 16.1. The van der Waals surface area contributed by atoms with Crippen molar-refractivity contribution in [1.82, 2.24) is 5.32 Å². The molecule has 3 atom stereocenters. The summed E-state index contributed by atoms with van der Waals surface area (Å²) in [6.45, 7) is 6.46. The molecule has 21 heavy (non-hydrogen) atoms. The number of para-hydroxylation sites is 1. The second kappa shape index (κ2) is 7.48. The van der Waals surface area contributed by atoms with Crippen molar-refractivity contribution in [3.05, 3.63) is 29.8 Å². The second-order valence-corrected chi connectivity index (χ2v) is 6.33. The number of fused-ring (bicyclic) bond motifs is 1. The molecule has 2 rings (SSSR count). The van der Waals surface area contributed by atoms with Gasteiger partial charge in [-0.15, -0.1) is 0 Å². The molecule has 3 nitrogen and oxygen atoms in total. The molecule has 1 aromatic rings. The second-order valence-electron chi connectivity index (χ2n) is 6.33. The van der Waals surface area contributed by atoms with E-state index in [0.29, 0.717) is 6.04 Å². The largest absolute Gasteiger partial charge is 0.382 e. The first kappa shape index (κ1) is 15.9. The lowest BCUT2D eigenvalue weighted by Gasteiger charge is -2.31. The summed E-state index contributed by atoms with van der Waals surface area (Å²) in [7, 11) is 0. The van der Waals surface area contributed by atoms with Crippen molar-refractivity contribution in [2.45, 2.75) is 70.9 Å². The predicted molar refractivity (Wildman–Crippen MR) is 88.6 cm³/mol. The fourth-order valence-electron chi connectivity index (χ4n) is 3.10. The Morgan fingerprint density at radius 3 is 2.90 bits per heavy atom. The van der Waals surface area contributed by atoms with E-state index in [0.717, 1.165) is 24.1 Å². The molecule has 1 amide bonds. The average molecular weight is 288 g/mol. The van der Waals surface area contributed by atoms with Gasteiger partial charge in [0.25, 0.3) is 0 Å². The number of unbranched alkanes of at least 4 members (excludes halogenated alkanes) is 2. The van der Waals surface area contributed by atoms with Crippen LogP contribution in [-0.4, -0.2) is 18.0 Å². The van der Waals surface area contributed by atoms with Crippen molar-refractivity contribution in [2.75, 3.05) is 5.32 Å². The monoisotopic (exact) mass is 288 g/mol. The molecular weight excluding hydrogens is 260 g/mol. The molecule has 1 aliphatic rings. The Balaban J connectivity index is 1.99. The van der Waals surface area contributed by atoms with E-state index in [1.807, 2.05) is 12.1 Å². The number of benzene rings is 1. The predicted octanol–water partition coefficient (Wildman–Crippen LogP) is 4.06. The van der Waals surface area contributed by atoms with Gasteiger partial charge < -0.3 is 10.6 Å². The zero-order valence-corrected chi connectivity index (χ0v) is 13.5. The van der Waals surface area contributed by atoms with Crippen LogP contribution in [-0.2, 0) is 4.79 Å².